The molecule has 0 radical (unpaired) electrons. The van der Waals surface area contributed by atoms with E-state index >= 15 is 0 Å². The van der Waals surface area contributed by atoms with Crippen molar-refractivity contribution < 1.29 is 13.2 Å². The van der Waals surface area contributed by atoms with Gasteiger partial charge in [-0.2, -0.15) is 13.2 Å². The molecule has 0 aromatic heterocycles. The highest BCUT2D eigenvalue weighted by Gasteiger charge is 2.37. The molecule has 2 rings (SSSR count). The van der Waals surface area contributed by atoms with Crippen molar-refractivity contribution in [2.45, 2.75) is 32.5 Å². The highest BCUT2D eigenvalue weighted by atomic mass is 19.4. The van der Waals surface area contributed by atoms with E-state index in [4.69, 9.17) is 5.73 Å². The maximum atomic E-state index is 13.1. The van der Waals surface area contributed by atoms with Gasteiger partial charge in [0.25, 0.3) is 0 Å². The van der Waals surface area contributed by atoms with Gasteiger partial charge in [0.1, 0.15) is 0 Å². The molecule has 0 spiro atoms. The summed E-state index contributed by atoms with van der Waals surface area (Å²) < 4.78 is 39.2. The summed E-state index contributed by atoms with van der Waals surface area (Å²) in [5.74, 6) is 0.528. The van der Waals surface area contributed by atoms with Gasteiger partial charge in [-0.1, -0.05) is 19.4 Å². The number of nitrogens with zero attached hydrogens (tertiary/aromatic N) is 1. The van der Waals surface area contributed by atoms with E-state index in [2.05, 4.69) is 6.92 Å². The summed E-state index contributed by atoms with van der Waals surface area (Å²) in [5.41, 5.74) is 5.66. The molecular formula is C14H19F3N2. The SMILES string of the molecule is CCCC1CN(c2ccc(CN)cc2C(F)(F)F)C1. The number of nitrogens with two attached hydrogens (primary N) is 1. The van der Waals surface area contributed by atoms with Gasteiger partial charge in [0, 0.05) is 25.3 Å². The highest BCUT2D eigenvalue weighted by molar-refractivity contribution is 5.58. The van der Waals surface area contributed by atoms with E-state index in [9.17, 15) is 13.2 Å². The molecule has 1 fully saturated rings. The number of halogens is 3. The van der Waals surface area contributed by atoms with Crippen molar-refractivity contribution >= 4 is 5.69 Å². The molecule has 1 aromatic carbocycles. The molecule has 2 N–H and O–H groups in total. The van der Waals surface area contributed by atoms with Gasteiger partial charge < -0.3 is 10.6 Å². The van der Waals surface area contributed by atoms with Crippen LogP contribution in [-0.4, -0.2) is 13.1 Å². The van der Waals surface area contributed by atoms with Crippen LogP contribution in [0.4, 0.5) is 18.9 Å². The lowest BCUT2D eigenvalue weighted by Gasteiger charge is -2.42. The van der Waals surface area contributed by atoms with Crippen molar-refractivity contribution in [3.63, 3.8) is 0 Å². The van der Waals surface area contributed by atoms with Gasteiger partial charge in [-0.05, 0) is 30.0 Å². The van der Waals surface area contributed by atoms with E-state index in [1.807, 2.05) is 4.90 Å². The molecule has 1 aliphatic heterocycles. The standard InChI is InChI=1S/C14H19F3N2/c1-2-3-11-8-19(9-11)13-5-4-10(7-18)6-12(13)14(15,16)17/h4-6,11H,2-3,7-9,18H2,1H3. The van der Waals surface area contributed by atoms with Crippen molar-refractivity contribution in [2.75, 3.05) is 18.0 Å². The molecule has 19 heavy (non-hydrogen) atoms. The van der Waals surface area contributed by atoms with Crippen molar-refractivity contribution in [3.05, 3.63) is 29.3 Å². The van der Waals surface area contributed by atoms with E-state index in [1.165, 1.54) is 6.07 Å². The van der Waals surface area contributed by atoms with Crippen LogP contribution in [0.5, 0.6) is 0 Å². The zero-order valence-corrected chi connectivity index (χ0v) is 11.0. The van der Waals surface area contributed by atoms with Crippen LogP contribution in [0.15, 0.2) is 18.2 Å². The van der Waals surface area contributed by atoms with Crippen LogP contribution in [0.2, 0.25) is 0 Å². The number of hydrogen-bond acceptors (Lipinski definition) is 2. The molecule has 0 unspecified atom stereocenters. The third-order valence-electron chi connectivity index (χ3n) is 3.60. The van der Waals surface area contributed by atoms with E-state index in [0.717, 1.165) is 25.9 Å². The second kappa shape index (κ2) is 5.41. The Labute approximate surface area is 111 Å². The van der Waals surface area contributed by atoms with Gasteiger partial charge in [-0.3, -0.25) is 0 Å². The minimum atomic E-state index is -4.32. The predicted molar refractivity (Wildman–Crippen MR) is 69.9 cm³/mol. The van der Waals surface area contributed by atoms with Crippen molar-refractivity contribution in [1.82, 2.24) is 0 Å². The van der Waals surface area contributed by atoms with E-state index in [-0.39, 0.29) is 12.2 Å². The van der Waals surface area contributed by atoms with Crippen molar-refractivity contribution in [1.29, 1.82) is 0 Å². The lowest BCUT2D eigenvalue weighted by molar-refractivity contribution is -0.137. The summed E-state index contributed by atoms with van der Waals surface area (Å²) in [6, 6.07) is 4.40. The molecule has 0 atom stereocenters. The lowest BCUT2D eigenvalue weighted by atomic mass is 9.93. The van der Waals surface area contributed by atoms with Crippen LogP contribution >= 0.6 is 0 Å². The fraction of sp³-hybridized carbons (Fsp3) is 0.571. The maximum Gasteiger partial charge on any atom is 0.418 e. The molecular weight excluding hydrogens is 253 g/mol. The predicted octanol–water partition coefficient (Wildman–Crippen LogP) is 3.40. The largest absolute Gasteiger partial charge is 0.418 e. The summed E-state index contributed by atoms with van der Waals surface area (Å²) in [6.07, 6.45) is -2.16. The Kier molecular flexibility index (Phi) is 4.04. The molecule has 5 heteroatoms. The van der Waals surface area contributed by atoms with Gasteiger partial charge in [0.2, 0.25) is 0 Å². The second-order valence-corrected chi connectivity index (χ2v) is 5.11. The van der Waals surface area contributed by atoms with Crippen LogP contribution in [0.1, 0.15) is 30.9 Å². The summed E-state index contributed by atoms with van der Waals surface area (Å²) in [6.45, 7) is 3.67. The van der Waals surface area contributed by atoms with Gasteiger partial charge in [0.05, 0.1) is 5.56 Å². The van der Waals surface area contributed by atoms with Crippen molar-refractivity contribution in [3.8, 4) is 0 Å². The van der Waals surface area contributed by atoms with E-state index < -0.39 is 11.7 Å². The quantitative estimate of drug-likeness (QED) is 0.910. The molecule has 0 saturated carbocycles. The van der Waals surface area contributed by atoms with Gasteiger partial charge in [-0.15, -0.1) is 0 Å². The molecule has 0 aliphatic carbocycles. The number of hydrogen-bond donors (Lipinski definition) is 1. The van der Waals surface area contributed by atoms with Crippen LogP contribution in [0.3, 0.4) is 0 Å². The minimum absolute atomic E-state index is 0.127. The average molecular weight is 272 g/mol. The first-order valence-electron chi connectivity index (χ1n) is 6.60. The third-order valence-corrected chi connectivity index (χ3v) is 3.60. The van der Waals surface area contributed by atoms with Crippen LogP contribution < -0.4 is 10.6 Å². The normalized spacial score (nSPS) is 16.6. The van der Waals surface area contributed by atoms with Crippen molar-refractivity contribution in [2.24, 2.45) is 11.7 Å². The first-order chi connectivity index (χ1) is 8.95. The summed E-state index contributed by atoms with van der Waals surface area (Å²) in [5, 5.41) is 0. The minimum Gasteiger partial charge on any atom is -0.370 e. The molecule has 1 saturated heterocycles. The van der Waals surface area contributed by atoms with E-state index in [1.54, 1.807) is 12.1 Å². The topological polar surface area (TPSA) is 29.3 Å². The lowest BCUT2D eigenvalue weighted by Crippen LogP contribution is -2.47. The summed E-state index contributed by atoms with van der Waals surface area (Å²) in [7, 11) is 0. The van der Waals surface area contributed by atoms with Crippen LogP contribution in [-0.2, 0) is 12.7 Å². The smallest absolute Gasteiger partial charge is 0.370 e. The van der Waals surface area contributed by atoms with Crippen LogP contribution in [0, 0.1) is 5.92 Å². The highest BCUT2D eigenvalue weighted by Crippen LogP contribution is 2.39. The number of anilines is 1. The fourth-order valence-corrected chi connectivity index (χ4v) is 2.57. The molecule has 1 heterocycles. The molecule has 1 aromatic rings. The summed E-state index contributed by atoms with van der Waals surface area (Å²) >= 11 is 0. The fourth-order valence-electron chi connectivity index (χ4n) is 2.57. The molecule has 106 valence electrons. The Morgan fingerprint density at radius 3 is 2.53 bits per heavy atom. The Balaban J connectivity index is 2.21. The average Bonchev–Trinajstić information content (AvgIpc) is 2.31. The zero-order chi connectivity index (χ0) is 14.0. The summed E-state index contributed by atoms with van der Waals surface area (Å²) in [4.78, 5) is 1.81. The molecule has 2 nitrogen and oxygen atoms in total. The first-order valence-corrected chi connectivity index (χ1v) is 6.60. The number of rotatable bonds is 4. The second-order valence-electron chi connectivity index (χ2n) is 5.11. The monoisotopic (exact) mass is 272 g/mol. The Morgan fingerprint density at radius 2 is 2.00 bits per heavy atom. The van der Waals surface area contributed by atoms with Gasteiger partial charge in [0.15, 0.2) is 0 Å². The Hall–Kier alpha value is -1.23. The first kappa shape index (κ1) is 14.2. The Morgan fingerprint density at radius 1 is 1.32 bits per heavy atom. The van der Waals surface area contributed by atoms with Gasteiger partial charge >= 0.3 is 6.18 Å². The Bertz CT molecular complexity index is 437. The number of benzene rings is 1. The maximum absolute atomic E-state index is 13.1. The number of alkyl halides is 3. The van der Waals surface area contributed by atoms with E-state index in [0.29, 0.717) is 11.5 Å². The van der Waals surface area contributed by atoms with Crippen LogP contribution in [0.25, 0.3) is 0 Å². The molecule has 1 aliphatic rings. The molecule has 0 amide bonds. The molecule has 0 bridgehead atoms. The third kappa shape index (κ3) is 3.03. The van der Waals surface area contributed by atoms with Gasteiger partial charge in [-0.25, -0.2) is 0 Å². The zero-order valence-electron chi connectivity index (χ0n) is 11.0.